The molecule has 9 heteroatoms. The molecule has 0 spiro atoms. The summed E-state index contributed by atoms with van der Waals surface area (Å²) in [6.45, 7) is -0.381. The zero-order chi connectivity index (χ0) is 19.9. The number of nitrogens with zero attached hydrogens (tertiary/aromatic N) is 1. The summed E-state index contributed by atoms with van der Waals surface area (Å²) in [5, 5.41) is 2.65. The summed E-state index contributed by atoms with van der Waals surface area (Å²) >= 11 is 2.80. The van der Waals surface area contributed by atoms with Crippen LogP contribution in [-0.2, 0) is 14.3 Å². The fourth-order valence-corrected chi connectivity index (χ4v) is 4.18. The number of anilines is 1. The van der Waals surface area contributed by atoms with E-state index in [2.05, 4.69) is 10.3 Å². The first-order valence-corrected chi connectivity index (χ1v) is 10.0. The molecule has 0 aliphatic carbocycles. The van der Waals surface area contributed by atoms with Crippen molar-refractivity contribution in [3.63, 3.8) is 0 Å². The molecule has 0 saturated heterocycles. The molecule has 3 rings (SSSR count). The van der Waals surface area contributed by atoms with Gasteiger partial charge in [0.2, 0.25) is 0 Å². The molecule has 0 aliphatic heterocycles. The summed E-state index contributed by atoms with van der Waals surface area (Å²) in [5.74, 6) is 0.195. The van der Waals surface area contributed by atoms with Crippen molar-refractivity contribution in [2.24, 2.45) is 0 Å². The van der Waals surface area contributed by atoms with Gasteiger partial charge in [-0.3, -0.25) is 9.59 Å². The predicted molar refractivity (Wildman–Crippen MR) is 109 cm³/mol. The number of ether oxygens (including phenoxy) is 3. The Morgan fingerprint density at radius 1 is 1.14 bits per heavy atom. The highest BCUT2D eigenvalue weighted by Gasteiger charge is 2.13. The molecule has 1 heterocycles. The van der Waals surface area contributed by atoms with Crippen molar-refractivity contribution in [3.8, 4) is 11.5 Å². The van der Waals surface area contributed by atoms with Crippen LogP contribution < -0.4 is 14.8 Å². The van der Waals surface area contributed by atoms with Crippen LogP contribution in [0.1, 0.15) is 0 Å². The summed E-state index contributed by atoms with van der Waals surface area (Å²) in [5.41, 5.74) is 1.37. The first kappa shape index (κ1) is 20.0. The molecule has 0 bridgehead atoms. The number of esters is 1. The van der Waals surface area contributed by atoms with E-state index in [-0.39, 0.29) is 12.4 Å². The molecule has 146 valence electrons. The van der Waals surface area contributed by atoms with Gasteiger partial charge in [-0.25, -0.2) is 4.98 Å². The molecular weight excluding hydrogens is 400 g/mol. The smallest absolute Gasteiger partial charge is 0.316 e. The molecule has 0 fully saturated rings. The molecule has 3 aromatic rings. The third-order valence-corrected chi connectivity index (χ3v) is 5.79. The average Bonchev–Trinajstić information content (AvgIpc) is 3.14. The average molecular weight is 418 g/mol. The standard InChI is InChI=1S/C19H18N2O5S2/c1-24-12-7-8-13(15(9-12)25-2)20-17(22)10-26-18(23)11-27-19-21-14-5-3-4-6-16(14)28-19/h3-9H,10-11H2,1-2H3,(H,20,22). The fraction of sp³-hybridized carbons (Fsp3) is 0.211. The van der Waals surface area contributed by atoms with Crippen molar-refractivity contribution in [1.29, 1.82) is 0 Å². The Bertz CT molecular complexity index is 956. The summed E-state index contributed by atoms with van der Waals surface area (Å²) < 4.78 is 17.2. The van der Waals surface area contributed by atoms with Crippen molar-refractivity contribution in [3.05, 3.63) is 42.5 Å². The van der Waals surface area contributed by atoms with Gasteiger partial charge in [0.15, 0.2) is 10.9 Å². The van der Waals surface area contributed by atoms with Crippen molar-refractivity contribution in [2.45, 2.75) is 4.34 Å². The number of rotatable bonds is 8. The second kappa shape index (κ2) is 9.43. The molecule has 0 atom stereocenters. The van der Waals surface area contributed by atoms with Gasteiger partial charge in [0.05, 0.1) is 35.9 Å². The molecule has 0 unspecified atom stereocenters. The Morgan fingerprint density at radius 2 is 1.96 bits per heavy atom. The number of carbonyl (C=O) groups excluding carboxylic acids is 2. The van der Waals surface area contributed by atoms with Gasteiger partial charge in [0, 0.05) is 6.07 Å². The lowest BCUT2D eigenvalue weighted by atomic mass is 10.2. The van der Waals surface area contributed by atoms with E-state index in [4.69, 9.17) is 14.2 Å². The quantitative estimate of drug-likeness (QED) is 0.442. The van der Waals surface area contributed by atoms with Crippen molar-refractivity contribution in [1.82, 2.24) is 4.98 Å². The van der Waals surface area contributed by atoms with Crippen LogP contribution >= 0.6 is 23.1 Å². The number of aromatic nitrogens is 1. The topological polar surface area (TPSA) is 86.8 Å². The number of thiazole rings is 1. The highest BCUT2D eigenvalue weighted by molar-refractivity contribution is 8.01. The number of fused-ring (bicyclic) bond motifs is 1. The van der Waals surface area contributed by atoms with Crippen LogP contribution in [0.15, 0.2) is 46.8 Å². The lowest BCUT2D eigenvalue weighted by Gasteiger charge is -2.11. The zero-order valence-corrected chi connectivity index (χ0v) is 16.9. The van der Waals surface area contributed by atoms with Crippen molar-refractivity contribution in [2.75, 3.05) is 31.9 Å². The Hall–Kier alpha value is -2.78. The molecule has 2 aromatic carbocycles. The summed E-state index contributed by atoms with van der Waals surface area (Å²) in [7, 11) is 3.03. The van der Waals surface area contributed by atoms with E-state index >= 15 is 0 Å². The third-order valence-electron chi connectivity index (χ3n) is 3.63. The predicted octanol–water partition coefficient (Wildman–Crippen LogP) is 3.59. The number of hydrogen-bond donors (Lipinski definition) is 1. The highest BCUT2D eigenvalue weighted by atomic mass is 32.2. The molecular formula is C19H18N2O5S2. The highest BCUT2D eigenvalue weighted by Crippen LogP contribution is 2.30. The summed E-state index contributed by atoms with van der Waals surface area (Å²) in [6, 6.07) is 12.8. The van der Waals surface area contributed by atoms with E-state index in [9.17, 15) is 9.59 Å². The van der Waals surface area contributed by atoms with Crippen LogP contribution in [0.5, 0.6) is 11.5 Å². The van der Waals surface area contributed by atoms with Crippen molar-refractivity contribution < 1.29 is 23.8 Å². The Balaban J connectivity index is 1.47. The number of carbonyl (C=O) groups is 2. The first-order valence-electron chi connectivity index (χ1n) is 8.25. The maximum Gasteiger partial charge on any atom is 0.316 e. The minimum atomic E-state index is -0.485. The van der Waals surface area contributed by atoms with Crippen LogP contribution in [0, 0.1) is 0 Å². The largest absolute Gasteiger partial charge is 0.497 e. The Labute approximate surface area is 170 Å². The lowest BCUT2D eigenvalue weighted by molar-refractivity contribution is -0.144. The van der Waals surface area contributed by atoms with Gasteiger partial charge in [0.1, 0.15) is 11.5 Å². The van der Waals surface area contributed by atoms with E-state index in [1.807, 2.05) is 24.3 Å². The van der Waals surface area contributed by atoms with Crippen LogP contribution in [0.3, 0.4) is 0 Å². The Morgan fingerprint density at radius 3 is 2.71 bits per heavy atom. The minimum absolute atomic E-state index is 0.0823. The molecule has 0 radical (unpaired) electrons. The van der Waals surface area contributed by atoms with Crippen LogP contribution in [-0.4, -0.2) is 43.4 Å². The van der Waals surface area contributed by atoms with Crippen LogP contribution in [0.2, 0.25) is 0 Å². The minimum Gasteiger partial charge on any atom is -0.497 e. The second-order valence-corrected chi connectivity index (χ2v) is 7.76. The number of hydrogen-bond acceptors (Lipinski definition) is 8. The molecule has 0 aliphatic rings. The number of benzene rings is 2. The molecule has 1 aromatic heterocycles. The lowest BCUT2D eigenvalue weighted by Crippen LogP contribution is -2.21. The molecule has 28 heavy (non-hydrogen) atoms. The van der Waals surface area contributed by atoms with Gasteiger partial charge >= 0.3 is 5.97 Å². The zero-order valence-electron chi connectivity index (χ0n) is 15.3. The SMILES string of the molecule is COc1ccc(NC(=O)COC(=O)CSc2nc3ccccc3s2)c(OC)c1. The van der Waals surface area contributed by atoms with Gasteiger partial charge in [-0.1, -0.05) is 23.9 Å². The molecule has 0 saturated carbocycles. The third kappa shape index (κ3) is 5.14. The monoisotopic (exact) mass is 418 g/mol. The van der Waals surface area contributed by atoms with E-state index in [0.29, 0.717) is 17.2 Å². The van der Waals surface area contributed by atoms with Gasteiger partial charge in [-0.2, -0.15) is 0 Å². The number of thioether (sulfide) groups is 1. The number of nitrogens with one attached hydrogen (secondary N) is 1. The molecule has 1 amide bonds. The first-order chi connectivity index (χ1) is 13.6. The van der Waals surface area contributed by atoms with Crippen LogP contribution in [0.4, 0.5) is 5.69 Å². The van der Waals surface area contributed by atoms with Crippen LogP contribution in [0.25, 0.3) is 10.2 Å². The maximum absolute atomic E-state index is 12.0. The summed E-state index contributed by atoms with van der Waals surface area (Å²) in [6.07, 6.45) is 0. The van der Waals surface area contributed by atoms with Gasteiger partial charge in [-0.15, -0.1) is 11.3 Å². The maximum atomic E-state index is 12.0. The van der Waals surface area contributed by atoms with E-state index in [0.717, 1.165) is 14.6 Å². The fourth-order valence-electron chi connectivity index (χ4n) is 2.31. The molecule has 1 N–H and O–H groups in total. The summed E-state index contributed by atoms with van der Waals surface area (Å²) in [4.78, 5) is 28.4. The second-order valence-electron chi connectivity index (χ2n) is 5.51. The van der Waals surface area contributed by atoms with Gasteiger partial charge in [0.25, 0.3) is 5.91 Å². The van der Waals surface area contributed by atoms with Gasteiger partial charge < -0.3 is 19.5 Å². The van der Waals surface area contributed by atoms with E-state index < -0.39 is 11.9 Å². The number of methoxy groups -OCH3 is 2. The Kier molecular flexibility index (Phi) is 6.72. The number of amides is 1. The van der Waals surface area contributed by atoms with Crippen molar-refractivity contribution >= 4 is 50.9 Å². The van der Waals surface area contributed by atoms with Gasteiger partial charge in [-0.05, 0) is 24.3 Å². The van der Waals surface area contributed by atoms with E-state index in [1.165, 1.54) is 30.2 Å². The number of para-hydroxylation sites is 1. The van der Waals surface area contributed by atoms with E-state index in [1.54, 1.807) is 25.3 Å². The normalized spacial score (nSPS) is 10.5. The molecule has 7 nitrogen and oxygen atoms in total.